The summed E-state index contributed by atoms with van der Waals surface area (Å²) in [5.74, 6) is 0.198. The molecule has 4 nitrogen and oxygen atoms in total. The van der Waals surface area contributed by atoms with Gasteiger partial charge in [-0.2, -0.15) is 13.2 Å². The smallest absolute Gasteiger partial charge is 0.382 e. The van der Waals surface area contributed by atoms with Crippen molar-refractivity contribution in [3.8, 4) is 0 Å². The minimum Gasteiger partial charge on any atom is -0.382 e. The number of anilines is 2. The number of hydrogen-bond donors (Lipinski definition) is 2. The number of nitrogens with zero attached hydrogens (tertiary/aromatic N) is 2. The van der Waals surface area contributed by atoms with Gasteiger partial charge in [-0.25, -0.2) is 4.39 Å². The predicted octanol–water partition coefficient (Wildman–Crippen LogP) is 3.44. The van der Waals surface area contributed by atoms with Crippen molar-refractivity contribution in [2.45, 2.75) is 37.9 Å². The van der Waals surface area contributed by atoms with Crippen LogP contribution in [0.2, 0.25) is 0 Å². The molecule has 0 radical (unpaired) electrons. The van der Waals surface area contributed by atoms with Gasteiger partial charge in [0.2, 0.25) is 0 Å². The van der Waals surface area contributed by atoms with Gasteiger partial charge in [0.15, 0.2) is 0 Å². The lowest BCUT2D eigenvalue weighted by Crippen LogP contribution is -2.49. The van der Waals surface area contributed by atoms with Crippen LogP contribution in [0, 0.1) is 11.7 Å². The molecule has 3 N–H and O–H groups in total. The van der Waals surface area contributed by atoms with Crippen molar-refractivity contribution < 1.29 is 17.6 Å². The largest absolute Gasteiger partial charge is 0.401 e. The molecule has 1 saturated carbocycles. The van der Waals surface area contributed by atoms with Crippen LogP contribution in [0.15, 0.2) is 18.2 Å². The number of nitrogens with two attached hydrogens (primary N) is 1. The Morgan fingerprint density at radius 1 is 1.04 bits per heavy atom. The van der Waals surface area contributed by atoms with Crippen LogP contribution in [0.5, 0.6) is 0 Å². The number of alkyl halides is 3. The molecule has 1 saturated heterocycles. The average molecular weight is 388 g/mol. The maximum Gasteiger partial charge on any atom is 0.401 e. The lowest BCUT2D eigenvalue weighted by atomic mass is 9.86. The van der Waals surface area contributed by atoms with Gasteiger partial charge in [-0.3, -0.25) is 4.90 Å². The van der Waals surface area contributed by atoms with Gasteiger partial charge >= 0.3 is 6.18 Å². The molecule has 27 heavy (non-hydrogen) atoms. The number of piperazine rings is 1. The Morgan fingerprint density at radius 3 is 2.30 bits per heavy atom. The van der Waals surface area contributed by atoms with Crippen molar-refractivity contribution in [3.05, 3.63) is 24.0 Å². The van der Waals surface area contributed by atoms with Crippen molar-refractivity contribution in [2.75, 3.05) is 49.5 Å². The van der Waals surface area contributed by atoms with Gasteiger partial charge in [0.05, 0.1) is 12.2 Å². The summed E-state index contributed by atoms with van der Waals surface area (Å²) in [6, 6.07) is 5.33. The molecule has 1 aromatic rings. The minimum atomic E-state index is -4.18. The third kappa shape index (κ3) is 5.97. The second kappa shape index (κ2) is 8.65. The summed E-state index contributed by atoms with van der Waals surface area (Å²) >= 11 is 0. The van der Waals surface area contributed by atoms with Crippen LogP contribution in [0.25, 0.3) is 0 Å². The molecule has 1 aromatic carbocycles. The first kappa shape index (κ1) is 20.2. The molecule has 3 rings (SSSR count). The van der Waals surface area contributed by atoms with E-state index in [4.69, 9.17) is 5.73 Å². The van der Waals surface area contributed by atoms with E-state index in [1.54, 1.807) is 6.07 Å². The lowest BCUT2D eigenvalue weighted by molar-refractivity contribution is -0.146. The third-order valence-electron chi connectivity index (χ3n) is 5.57. The number of halogens is 4. The lowest BCUT2D eigenvalue weighted by Gasteiger charge is -2.36. The Morgan fingerprint density at radius 2 is 1.70 bits per heavy atom. The molecule has 0 amide bonds. The standard InChI is InChI=1S/C19H28F4N4/c20-17-11-16(27-9-7-26(8-10-27)13-19(21,22)23)5-6-18(17)25-12-14-1-3-15(24)4-2-14/h5-6,11,14-15,25H,1-4,7-10,12-13,24H2. The van der Waals surface area contributed by atoms with E-state index in [9.17, 15) is 17.6 Å². The maximum absolute atomic E-state index is 14.5. The van der Waals surface area contributed by atoms with Crippen molar-refractivity contribution in [3.63, 3.8) is 0 Å². The fourth-order valence-electron chi connectivity index (χ4n) is 3.91. The first-order chi connectivity index (χ1) is 12.8. The zero-order valence-electron chi connectivity index (χ0n) is 15.4. The molecule has 1 heterocycles. The van der Waals surface area contributed by atoms with Crippen LogP contribution in [0.4, 0.5) is 28.9 Å². The topological polar surface area (TPSA) is 44.5 Å². The molecule has 2 aliphatic rings. The van der Waals surface area contributed by atoms with E-state index in [0.717, 1.165) is 32.2 Å². The molecule has 8 heteroatoms. The summed E-state index contributed by atoms with van der Waals surface area (Å²) in [4.78, 5) is 3.32. The summed E-state index contributed by atoms with van der Waals surface area (Å²) in [7, 11) is 0. The van der Waals surface area contributed by atoms with E-state index in [1.165, 1.54) is 11.0 Å². The zero-order valence-corrected chi connectivity index (χ0v) is 15.4. The summed E-state index contributed by atoms with van der Waals surface area (Å²) < 4.78 is 51.8. The fourth-order valence-corrected chi connectivity index (χ4v) is 3.91. The monoisotopic (exact) mass is 388 g/mol. The van der Waals surface area contributed by atoms with Crippen molar-refractivity contribution in [2.24, 2.45) is 11.7 Å². The van der Waals surface area contributed by atoms with Crippen LogP contribution >= 0.6 is 0 Å². The van der Waals surface area contributed by atoms with Gasteiger partial charge < -0.3 is 16.0 Å². The van der Waals surface area contributed by atoms with E-state index >= 15 is 0 Å². The molecule has 1 aliphatic heterocycles. The molecule has 0 unspecified atom stereocenters. The second-order valence-corrected chi connectivity index (χ2v) is 7.70. The van der Waals surface area contributed by atoms with Crippen LogP contribution in [0.1, 0.15) is 25.7 Å². The molecule has 0 aromatic heterocycles. The SMILES string of the molecule is NC1CCC(CNc2ccc(N3CCN(CC(F)(F)F)CC3)cc2F)CC1. The first-order valence-electron chi connectivity index (χ1n) is 9.63. The molecule has 0 spiro atoms. The van der Waals surface area contributed by atoms with E-state index in [1.807, 2.05) is 11.0 Å². The Hall–Kier alpha value is -1.54. The number of benzene rings is 1. The average Bonchev–Trinajstić information content (AvgIpc) is 2.61. The van der Waals surface area contributed by atoms with Gasteiger partial charge in [0, 0.05) is 44.5 Å². The zero-order chi connectivity index (χ0) is 19.4. The molecular formula is C19H28F4N4. The van der Waals surface area contributed by atoms with Gasteiger partial charge in [-0.05, 0) is 49.8 Å². The Balaban J connectivity index is 1.50. The highest BCUT2D eigenvalue weighted by Crippen LogP contribution is 2.27. The number of nitrogens with one attached hydrogen (secondary N) is 1. The Kier molecular flexibility index (Phi) is 6.47. The quantitative estimate of drug-likeness (QED) is 0.759. The molecule has 1 aliphatic carbocycles. The molecule has 2 fully saturated rings. The third-order valence-corrected chi connectivity index (χ3v) is 5.57. The van der Waals surface area contributed by atoms with E-state index < -0.39 is 12.7 Å². The minimum absolute atomic E-state index is 0.300. The molecule has 0 bridgehead atoms. The highest BCUT2D eigenvalue weighted by Gasteiger charge is 2.32. The van der Waals surface area contributed by atoms with Crippen molar-refractivity contribution in [1.82, 2.24) is 4.90 Å². The van der Waals surface area contributed by atoms with Gasteiger partial charge in [0.1, 0.15) is 5.82 Å². The Labute approximate surface area is 157 Å². The van der Waals surface area contributed by atoms with Gasteiger partial charge in [0.25, 0.3) is 0 Å². The predicted molar refractivity (Wildman–Crippen MR) is 99.5 cm³/mol. The highest BCUT2D eigenvalue weighted by atomic mass is 19.4. The molecule has 152 valence electrons. The van der Waals surface area contributed by atoms with E-state index in [-0.39, 0.29) is 5.82 Å². The normalized spacial score (nSPS) is 24.9. The van der Waals surface area contributed by atoms with Gasteiger partial charge in [-0.15, -0.1) is 0 Å². The summed E-state index contributed by atoms with van der Waals surface area (Å²) in [6.07, 6.45) is -0.000689. The maximum atomic E-state index is 14.5. The van der Waals surface area contributed by atoms with Crippen LogP contribution in [-0.4, -0.2) is 56.4 Å². The van der Waals surface area contributed by atoms with Crippen molar-refractivity contribution in [1.29, 1.82) is 0 Å². The fraction of sp³-hybridized carbons (Fsp3) is 0.684. The Bertz CT molecular complexity index is 606. The summed E-state index contributed by atoms with van der Waals surface area (Å²) in [5, 5.41) is 3.19. The van der Waals surface area contributed by atoms with E-state index in [2.05, 4.69) is 5.32 Å². The molecule has 0 atom stereocenters. The summed E-state index contributed by atoms with van der Waals surface area (Å²) in [6.45, 7) is 1.42. The number of hydrogen-bond acceptors (Lipinski definition) is 4. The molecular weight excluding hydrogens is 360 g/mol. The number of rotatable bonds is 5. The van der Waals surface area contributed by atoms with Gasteiger partial charge in [-0.1, -0.05) is 0 Å². The second-order valence-electron chi connectivity index (χ2n) is 7.70. The van der Waals surface area contributed by atoms with Crippen molar-refractivity contribution >= 4 is 11.4 Å². The summed E-state index contributed by atoms with van der Waals surface area (Å²) in [5.41, 5.74) is 7.10. The van der Waals surface area contributed by atoms with Crippen LogP contribution in [-0.2, 0) is 0 Å². The highest BCUT2D eigenvalue weighted by molar-refractivity contribution is 5.56. The van der Waals surface area contributed by atoms with Crippen LogP contribution in [0.3, 0.4) is 0 Å². The van der Waals surface area contributed by atoms with E-state index in [0.29, 0.717) is 49.5 Å². The van der Waals surface area contributed by atoms with Crippen LogP contribution < -0.4 is 16.0 Å². The first-order valence-corrected chi connectivity index (χ1v) is 9.63.